The zero-order valence-electron chi connectivity index (χ0n) is 16.0. The highest BCUT2D eigenvalue weighted by molar-refractivity contribution is 7.89. The minimum atomic E-state index is -3.74. The summed E-state index contributed by atoms with van der Waals surface area (Å²) >= 11 is 5.88. The van der Waals surface area contributed by atoms with Gasteiger partial charge in [-0.15, -0.1) is 0 Å². The molecule has 1 fully saturated rings. The Morgan fingerprint density at radius 1 is 1.10 bits per heavy atom. The lowest BCUT2D eigenvalue weighted by Gasteiger charge is -2.18. The summed E-state index contributed by atoms with van der Waals surface area (Å²) in [6.07, 6.45) is 1.63. The third-order valence-corrected chi connectivity index (χ3v) is 6.62. The molecular formula is C20H22ClNO6S. The molecule has 1 saturated heterocycles. The Morgan fingerprint density at radius 2 is 1.86 bits per heavy atom. The number of benzene rings is 2. The van der Waals surface area contributed by atoms with Crippen LogP contribution in [0.5, 0.6) is 11.5 Å². The van der Waals surface area contributed by atoms with Gasteiger partial charge in [0.05, 0.1) is 12.7 Å². The van der Waals surface area contributed by atoms with Gasteiger partial charge in [-0.25, -0.2) is 13.2 Å². The fourth-order valence-electron chi connectivity index (χ4n) is 3.01. The van der Waals surface area contributed by atoms with Crippen LogP contribution < -0.4 is 9.47 Å². The fraction of sp³-hybridized carbons (Fsp3) is 0.350. The number of methoxy groups -OCH3 is 1. The lowest BCUT2D eigenvalue weighted by atomic mass is 10.2. The quantitative estimate of drug-likeness (QED) is 0.463. The molecule has 0 bridgehead atoms. The van der Waals surface area contributed by atoms with Gasteiger partial charge in [0, 0.05) is 18.1 Å². The smallest absolute Gasteiger partial charge is 0.338 e. The lowest BCUT2D eigenvalue weighted by Crippen LogP contribution is -2.28. The summed E-state index contributed by atoms with van der Waals surface area (Å²) in [6.45, 7) is 1.06. The average molecular weight is 440 g/mol. The van der Waals surface area contributed by atoms with Gasteiger partial charge in [-0.2, -0.15) is 4.31 Å². The summed E-state index contributed by atoms with van der Waals surface area (Å²) < 4.78 is 43.1. The summed E-state index contributed by atoms with van der Waals surface area (Å²) in [5.41, 5.74) is 0.131. The number of esters is 1. The molecule has 0 aromatic heterocycles. The average Bonchev–Trinajstić information content (AvgIpc) is 3.26. The Bertz CT molecular complexity index is 973. The minimum absolute atomic E-state index is 0.00554. The van der Waals surface area contributed by atoms with Crippen LogP contribution in [0.2, 0.25) is 5.02 Å². The number of sulfonamides is 1. The highest BCUT2D eigenvalue weighted by Gasteiger charge is 2.30. The molecule has 0 amide bonds. The number of hydrogen-bond donors (Lipinski definition) is 0. The van der Waals surface area contributed by atoms with Crippen LogP contribution in [0.15, 0.2) is 47.4 Å². The van der Waals surface area contributed by atoms with Crippen molar-refractivity contribution in [3.63, 3.8) is 0 Å². The van der Waals surface area contributed by atoms with Crippen molar-refractivity contribution < 1.29 is 27.4 Å². The van der Waals surface area contributed by atoms with Crippen LogP contribution in [-0.4, -0.2) is 52.1 Å². The van der Waals surface area contributed by atoms with Crippen molar-refractivity contribution in [2.75, 3.05) is 33.4 Å². The first kappa shape index (κ1) is 21.4. The van der Waals surface area contributed by atoms with Gasteiger partial charge >= 0.3 is 5.97 Å². The Kier molecular flexibility index (Phi) is 7.00. The topological polar surface area (TPSA) is 82.1 Å². The van der Waals surface area contributed by atoms with Gasteiger partial charge in [0.15, 0.2) is 0 Å². The lowest BCUT2D eigenvalue weighted by molar-refractivity contribution is 0.0450. The molecule has 156 valence electrons. The fourth-order valence-corrected chi connectivity index (χ4v) is 4.89. The number of halogens is 1. The van der Waals surface area contributed by atoms with Crippen molar-refractivity contribution in [1.82, 2.24) is 4.31 Å². The summed E-state index contributed by atoms with van der Waals surface area (Å²) in [4.78, 5) is 12.3. The zero-order valence-corrected chi connectivity index (χ0v) is 17.5. The largest absolute Gasteiger partial charge is 0.495 e. The van der Waals surface area contributed by atoms with E-state index in [1.807, 2.05) is 0 Å². The molecular weight excluding hydrogens is 418 g/mol. The predicted octanol–water partition coefficient (Wildman–Crippen LogP) is 3.37. The van der Waals surface area contributed by atoms with E-state index in [0.29, 0.717) is 23.9 Å². The van der Waals surface area contributed by atoms with E-state index < -0.39 is 16.0 Å². The normalized spacial score (nSPS) is 14.6. The van der Waals surface area contributed by atoms with Gasteiger partial charge in [0.1, 0.15) is 29.6 Å². The van der Waals surface area contributed by atoms with E-state index in [4.69, 9.17) is 25.8 Å². The highest BCUT2D eigenvalue weighted by Crippen LogP contribution is 2.30. The summed E-state index contributed by atoms with van der Waals surface area (Å²) in [7, 11) is -2.35. The molecule has 2 aromatic rings. The Balaban J connectivity index is 1.66. The van der Waals surface area contributed by atoms with Crippen LogP contribution >= 0.6 is 11.6 Å². The van der Waals surface area contributed by atoms with Gasteiger partial charge in [-0.3, -0.25) is 0 Å². The second kappa shape index (κ2) is 9.47. The number of hydrogen-bond acceptors (Lipinski definition) is 6. The third-order valence-electron chi connectivity index (χ3n) is 4.46. The van der Waals surface area contributed by atoms with E-state index in [0.717, 1.165) is 12.8 Å². The van der Waals surface area contributed by atoms with Crippen LogP contribution in [0.3, 0.4) is 0 Å². The molecule has 1 aliphatic rings. The molecule has 1 aliphatic heterocycles. The number of rotatable bonds is 8. The van der Waals surface area contributed by atoms with E-state index in [-0.39, 0.29) is 29.4 Å². The van der Waals surface area contributed by atoms with Crippen LogP contribution in [0.4, 0.5) is 0 Å². The third kappa shape index (κ3) is 5.20. The Morgan fingerprint density at radius 3 is 2.55 bits per heavy atom. The van der Waals surface area contributed by atoms with Gasteiger partial charge in [0.25, 0.3) is 0 Å². The molecule has 0 unspecified atom stereocenters. The van der Waals surface area contributed by atoms with Crippen molar-refractivity contribution in [2.24, 2.45) is 0 Å². The molecule has 0 radical (unpaired) electrons. The van der Waals surface area contributed by atoms with Gasteiger partial charge in [-0.1, -0.05) is 17.7 Å². The van der Waals surface area contributed by atoms with Crippen LogP contribution in [0.25, 0.3) is 0 Å². The molecule has 2 aromatic carbocycles. The summed E-state index contributed by atoms with van der Waals surface area (Å²) in [5.74, 6) is 0.120. The first-order valence-electron chi connectivity index (χ1n) is 9.15. The van der Waals surface area contributed by atoms with Gasteiger partial charge < -0.3 is 14.2 Å². The van der Waals surface area contributed by atoms with E-state index in [1.165, 1.54) is 29.6 Å². The maximum absolute atomic E-state index is 12.9. The SMILES string of the molecule is COc1ccc(C(=O)OCCOc2cccc(Cl)c2)cc1S(=O)(=O)N1CCCC1. The molecule has 7 nitrogen and oxygen atoms in total. The van der Waals surface area contributed by atoms with Crippen molar-refractivity contribution in [3.8, 4) is 11.5 Å². The van der Waals surface area contributed by atoms with Crippen molar-refractivity contribution in [2.45, 2.75) is 17.7 Å². The number of carbonyl (C=O) groups excluding carboxylic acids is 1. The standard InChI is InChI=1S/C20H22ClNO6S/c1-26-18-8-7-15(13-19(18)29(24,25)22-9-2-3-10-22)20(23)28-12-11-27-17-6-4-5-16(21)14-17/h4-8,13-14H,2-3,9-12H2,1H3. The molecule has 0 atom stereocenters. The first-order chi connectivity index (χ1) is 13.9. The first-order valence-corrected chi connectivity index (χ1v) is 11.0. The Hall–Kier alpha value is -2.29. The second-order valence-electron chi connectivity index (χ2n) is 6.42. The maximum atomic E-state index is 12.9. The van der Waals surface area contributed by atoms with E-state index in [9.17, 15) is 13.2 Å². The zero-order chi connectivity index (χ0) is 20.9. The maximum Gasteiger partial charge on any atom is 0.338 e. The second-order valence-corrected chi connectivity index (χ2v) is 8.76. The molecule has 0 aliphatic carbocycles. The highest BCUT2D eigenvalue weighted by atomic mass is 35.5. The van der Waals surface area contributed by atoms with Crippen LogP contribution in [-0.2, 0) is 14.8 Å². The van der Waals surface area contributed by atoms with Crippen molar-refractivity contribution in [3.05, 3.63) is 53.1 Å². The number of nitrogens with zero attached hydrogens (tertiary/aromatic N) is 1. The molecule has 9 heteroatoms. The molecule has 0 spiro atoms. The number of carbonyl (C=O) groups is 1. The van der Waals surface area contributed by atoms with Gasteiger partial charge in [-0.05, 0) is 49.2 Å². The molecule has 1 heterocycles. The molecule has 0 saturated carbocycles. The van der Waals surface area contributed by atoms with Crippen LogP contribution in [0, 0.1) is 0 Å². The predicted molar refractivity (Wildman–Crippen MR) is 108 cm³/mol. The molecule has 29 heavy (non-hydrogen) atoms. The van der Waals surface area contributed by atoms with Crippen molar-refractivity contribution >= 4 is 27.6 Å². The molecule has 0 N–H and O–H groups in total. The van der Waals surface area contributed by atoms with E-state index >= 15 is 0 Å². The summed E-state index contributed by atoms with van der Waals surface area (Å²) in [6, 6.07) is 11.1. The molecule has 3 rings (SSSR count). The Labute approximate surface area is 175 Å². The summed E-state index contributed by atoms with van der Waals surface area (Å²) in [5, 5.41) is 0.546. The monoisotopic (exact) mass is 439 g/mol. The van der Waals surface area contributed by atoms with Crippen LogP contribution in [0.1, 0.15) is 23.2 Å². The minimum Gasteiger partial charge on any atom is -0.495 e. The van der Waals surface area contributed by atoms with Crippen molar-refractivity contribution in [1.29, 1.82) is 0 Å². The number of ether oxygens (including phenoxy) is 3. The van der Waals surface area contributed by atoms with E-state index in [1.54, 1.807) is 24.3 Å². The van der Waals surface area contributed by atoms with Gasteiger partial charge in [0.2, 0.25) is 10.0 Å². The van der Waals surface area contributed by atoms with E-state index in [2.05, 4.69) is 0 Å².